The van der Waals surface area contributed by atoms with Crippen LogP contribution in [0.3, 0.4) is 0 Å². The minimum absolute atomic E-state index is 0.0362. The van der Waals surface area contributed by atoms with Crippen molar-refractivity contribution in [1.82, 2.24) is 9.88 Å². The number of aryl methyl sites for hydroxylation is 1. The van der Waals surface area contributed by atoms with Crippen molar-refractivity contribution < 1.29 is 9.90 Å². The van der Waals surface area contributed by atoms with Crippen molar-refractivity contribution in [2.24, 2.45) is 0 Å². The second-order valence-electron chi connectivity index (χ2n) is 6.73. The Morgan fingerprint density at radius 1 is 1.18 bits per heavy atom. The zero-order valence-electron chi connectivity index (χ0n) is 13.7. The van der Waals surface area contributed by atoms with Gasteiger partial charge in [0.25, 0.3) is 5.91 Å². The number of hydrogen-bond donors (Lipinski definition) is 2. The number of aliphatic hydroxyl groups is 1. The molecule has 1 aromatic carbocycles. The molecule has 22 heavy (non-hydrogen) atoms. The molecule has 1 heterocycles. The van der Waals surface area contributed by atoms with Gasteiger partial charge in [0, 0.05) is 29.6 Å². The first-order valence-electron chi connectivity index (χ1n) is 7.94. The van der Waals surface area contributed by atoms with Crippen LogP contribution in [0.2, 0.25) is 0 Å². The van der Waals surface area contributed by atoms with Crippen LogP contribution in [0.15, 0.2) is 30.3 Å². The summed E-state index contributed by atoms with van der Waals surface area (Å²) in [5.74, 6) is -0.0362. The third kappa shape index (κ3) is 4.10. The number of carbonyl (C=O) groups excluding carboxylic acids is 1. The molecule has 4 nitrogen and oxygen atoms in total. The number of aromatic nitrogens is 1. The number of benzene rings is 1. The summed E-state index contributed by atoms with van der Waals surface area (Å²) < 4.78 is 2.09. The van der Waals surface area contributed by atoms with Crippen LogP contribution in [-0.4, -0.2) is 27.7 Å². The number of unbranched alkanes of at least 4 members (excludes halogenated alkanes) is 2. The third-order valence-electron chi connectivity index (χ3n) is 3.57. The van der Waals surface area contributed by atoms with Crippen molar-refractivity contribution in [1.29, 1.82) is 0 Å². The third-order valence-corrected chi connectivity index (χ3v) is 3.57. The van der Waals surface area contributed by atoms with Crippen LogP contribution in [0, 0.1) is 0 Å². The van der Waals surface area contributed by atoms with Crippen LogP contribution in [0.25, 0.3) is 10.9 Å². The number of para-hydroxylation sites is 1. The van der Waals surface area contributed by atoms with Crippen LogP contribution in [0.5, 0.6) is 0 Å². The van der Waals surface area contributed by atoms with E-state index >= 15 is 0 Å². The number of nitrogens with one attached hydrogen (secondary N) is 1. The second kappa shape index (κ2) is 6.97. The zero-order valence-corrected chi connectivity index (χ0v) is 13.7. The first-order chi connectivity index (χ1) is 10.4. The number of hydrogen-bond acceptors (Lipinski definition) is 2. The van der Waals surface area contributed by atoms with Crippen molar-refractivity contribution in [2.45, 2.75) is 52.1 Å². The lowest BCUT2D eigenvalue weighted by Crippen LogP contribution is -2.41. The molecule has 0 saturated carbocycles. The fourth-order valence-electron chi connectivity index (χ4n) is 2.60. The highest BCUT2D eigenvalue weighted by Gasteiger charge is 2.19. The molecule has 0 saturated heterocycles. The van der Waals surface area contributed by atoms with Gasteiger partial charge in [-0.05, 0) is 52.2 Å². The quantitative estimate of drug-likeness (QED) is 0.804. The van der Waals surface area contributed by atoms with E-state index in [1.54, 1.807) is 0 Å². The molecule has 2 rings (SSSR count). The molecule has 0 aliphatic rings. The van der Waals surface area contributed by atoms with E-state index in [-0.39, 0.29) is 18.1 Å². The maximum absolute atomic E-state index is 12.6. The molecule has 2 N–H and O–H groups in total. The van der Waals surface area contributed by atoms with E-state index < -0.39 is 0 Å². The Labute approximate surface area is 132 Å². The Hall–Kier alpha value is -1.81. The predicted octanol–water partition coefficient (Wildman–Crippen LogP) is 3.33. The largest absolute Gasteiger partial charge is 0.396 e. The summed E-state index contributed by atoms with van der Waals surface area (Å²) in [5, 5.41) is 13.0. The molecule has 2 aromatic rings. The van der Waals surface area contributed by atoms with Gasteiger partial charge in [-0.2, -0.15) is 0 Å². The summed E-state index contributed by atoms with van der Waals surface area (Å²) >= 11 is 0. The van der Waals surface area contributed by atoms with E-state index in [1.807, 2.05) is 45.0 Å². The summed E-state index contributed by atoms with van der Waals surface area (Å²) in [6.45, 7) is 6.97. The van der Waals surface area contributed by atoms with Gasteiger partial charge in [-0.3, -0.25) is 4.79 Å². The molecule has 0 bridgehead atoms. The molecule has 0 aliphatic carbocycles. The van der Waals surface area contributed by atoms with Crippen molar-refractivity contribution in [2.75, 3.05) is 6.61 Å². The summed E-state index contributed by atoms with van der Waals surface area (Å²) in [7, 11) is 0. The molecule has 0 aliphatic heterocycles. The first-order valence-corrected chi connectivity index (χ1v) is 7.94. The highest BCUT2D eigenvalue weighted by atomic mass is 16.2. The van der Waals surface area contributed by atoms with Gasteiger partial charge in [0.05, 0.1) is 0 Å². The number of carbonyl (C=O) groups is 1. The Morgan fingerprint density at radius 2 is 1.91 bits per heavy atom. The molecule has 0 atom stereocenters. The van der Waals surface area contributed by atoms with E-state index in [2.05, 4.69) is 16.0 Å². The fourth-order valence-corrected chi connectivity index (χ4v) is 2.60. The molecule has 0 spiro atoms. The lowest BCUT2D eigenvalue weighted by Gasteiger charge is -2.21. The van der Waals surface area contributed by atoms with Gasteiger partial charge in [0.15, 0.2) is 0 Å². The number of amides is 1. The monoisotopic (exact) mass is 302 g/mol. The normalized spacial score (nSPS) is 11.8. The lowest BCUT2D eigenvalue weighted by atomic mass is 10.1. The average molecular weight is 302 g/mol. The topological polar surface area (TPSA) is 54.3 Å². The Morgan fingerprint density at radius 3 is 2.59 bits per heavy atom. The molecule has 1 amide bonds. The van der Waals surface area contributed by atoms with Gasteiger partial charge in [-0.25, -0.2) is 0 Å². The molecule has 1 aromatic heterocycles. The van der Waals surface area contributed by atoms with E-state index in [9.17, 15) is 4.79 Å². The van der Waals surface area contributed by atoms with E-state index in [1.165, 1.54) is 0 Å². The molecule has 0 radical (unpaired) electrons. The Balaban J connectivity index is 2.29. The lowest BCUT2D eigenvalue weighted by molar-refractivity contribution is 0.0910. The number of fused-ring (bicyclic) bond motifs is 1. The molecular weight excluding hydrogens is 276 g/mol. The van der Waals surface area contributed by atoms with Gasteiger partial charge in [0.2, 0.25) is 0 Å². The smallest absolute Gasteiger partial charge is 0.268 e. The molecule has 120 valence electrons. The summed E-state index contributed by atoms with van der Waals surface area (Å²) in [5.41, 5.74) is 1.54. The van der Waals surface area contributed by atoms with Gasteiger partial charge >= 0.3 is 0 Å². The van der Waals surface area contributed by atoms with E-state index in [4.69, 9.17) is 5.11 Å². The highest BCUT2D eigenvalue weighted by Crippen LogP contribution is 2.21. The Kier molecular flexibility index (Phi) is 5.24. The van der Waals surface area contributed by atoms with Crippen molar-refractivity contribution in [3.8, 4) is 0 Å². The maximum atomic E-state index is 12.6. The van der Waals surface area contributed by atoms with Crippen molar-refractivity contribution in [3.05, 3.63) is 36.0 Å². The van der Waals surface area contributed by atoms with Crippen molar-refractivity contribution >= 4 is 16.8 Å². The van der Waals surface area contributed by atoms with Gasteiger partial charge in [0.1, 0.15) is 5.69 Å². The average Bonchev–Trinajstić information content (AvgIpc) is 2.81. The van der Waals surface area contributed by atoms with Crippen LogP contribution < -0.4 is 5.32 Å². The van der Waals surface area contributed by atoms with Crippen LogP contribution in [-0.2, 0) is 6.54 Å². The van der Waals surface area contributed by atoms with E-state index in [0.29, 0.717) is 5.69 Å². The molecule has 0 fully saturated rings. The van der Waals surface area contributed by atoms with Gasteiger partial charge in [-0.1, -0.05) is 18.2 Å². The number of rotatable bonds is 6. The highest BCUT2D eigenvalue weighted by molar-refractivity contribution is 5.99. The number of aliphatic hydroxyl groups excluding tert-OH is 1. The SMILES string of the molecule is CC(C)(C)NC(=O)c1cc2ccccc2n1CCCCCO. The van der Waals surface area contributed by atoms with E-state index in [0.717, 1.165) is 36.7 Å². The fraction of sp³-hybridized carbons (Fsp3) is 0.500. The van der Waals surface area contributed by atoms with Gasteiger partial charge in [-0.15, -0.1) is 0 Å². The van der Waals surface area contributed by atoms with Crippen LogP contribution in [0.1, 0.15) is 50.5 Å². The van der Waals surface area contributed by atoms with Crippen molar-refractivity contribution in [3.63, 3.8) is 0 Å². The predicted molar refractivity (Wildman–Crippen MR) is 90.1 cm³/mol. The van der Waals surface area contributed by atoms with Crippen LogP contribution >= 0.6 is 0 Å². The second-order valence-corrected chi connectivity index (χ2v) is 6.73. The standard InChI is InChI=1S/C18H26N2O2/c1-18(2,3)19-17(22)16-13-14-9-5-6-10-15(14)20(16)11-7-4-8-12-21/h5-6,9-10,13,21H,4,7-8,11-12H2,1-3H3,(H,19,22). The Bertz CT molecular complexity index is 638. The number of nitrogens with zero attached hydrogens (tertiary/aromatic N) is 1. The van der Waals surface area contributed by atoms with Gasteiger partial charge < -0.3 is 15.0 Å². The molecule has 0 unspecified atom stereocenters. The first kappa shape index (κ1) is 16.6. The minimum Gasteiger partial charge on any atom is -0.396 e. The summed E-state index contributed by atoms with van der Waals surface area (Å²) in [6, 6.07) is 10.0. The maximum Gasteiger partial charge on any atom is 0.268 e. The zero-order chi connectivity index (χ0) is 16.2. The molecular formula is C18H26N2O2. The molecule has 4 heteroatoms. The summed E-state index contributed by atoms with van der Waals surface area (Å²) in [4.78, 5) is 12.6. The van der Waals surface area contributed by atoms with Crippen LogP contribution in [0.4, 0.5) is 0 Å². The minimum atomic E-state index is -0.255. The summed E-state index contributed by atoms with van der Waals surface area (Å²) in [6.07, 6.45) is 2.72.